The number of anilines is 1. The van der Waals surface area contributed by atoms with Crippen LogP contribution < -0.4 is 10.6 Å². The van der Waals surface area contributed by atoms with Crippen LogP contribution in [0.2, 0.25) is 0 Å². The summed E-state index contributed by atoms with van der Waals surface area (Å²) >= 11 is 0. The maximum absolute atomic E-state index is 12.9. The molecule has 11 heteroatoms. The zero-order valence-electron chi connectivity index (χ0n) is 20.5. The molecule has 0 spiro atoms. The zero-order chi connectivity index (χ0) is 26.6. The number of rotatable bonds is 8. The predicted molar refractivity (Wildman–Crippen MR) is 134 cm³/mol. The number of hydrogen-bond donors (Lipinski definition) is 3. The van der Waals surface area contributed by atoms with Crippen LogP contribution in [0.3, 0.4) is 0 Å². The molecule has 1 aliphatic heterocycles. The number of amides is 2. The van der Waals surface area contributed by atoms with Gasteiger partial charge < -0.3 is 20.6 Å². The molecule has 4 rings (SSSR count). The van der Waals surface area contributed by atoms with Crippen LogP contribution in [0.4, 0.5) is 18.9 Å². The molecule has 0 unspecified atom stereocenters. The van der Waals surface area contributed by atoms with E-state index >= 15 is 0 Å². The Morgan fingerprint density at radius 2 is 1.81 bits per heavy atom. The molecule has 37 heavy (non-hydrogen) atoms. The number of aliphatic hydroxyl groups excluding tert-OH is 1. The predicted octanol–water partition coefficient (Wildman–Crippen LogP) is 3.59. The second-order valence-electron chi connectivity index (χ2n) is 9.28. The van der Waals surface area contributed by atoms with Crippen molar-refractivity contribution in [1.82, 2.24) is 20.0 Å². The molecule has 0 aliphatic carbocycles. The Balaban J connectivity index is 1.34. The average Bonchev–Trinajstić information content (AvgIpc) is 3.29. The largest absolute Gasteiger partial charge is 0.405 e. The van der Waals surface area contributed by atoms with Gasteiger partial charge in [0.2, 0.25) is 0 Å². The van der Waals surface area contributed by atoms with Crippen molar-refractivity contribution in [3.05, 3.63) is 59.3 Å². The summed E-state index contributed by atoms with van der Waals surface area (Å²) in [6, 6.07) is 10.4. The SMILES string of the molecule is Cc1c(C(=O)NCC(F)(F)F)ccc2nn(CC3CCN(C(=O)c4ccc(NCCO)cc4)CC3)cc12. The Morgan fingerprint density at radius 1 is 1.11 bits per heavy atom. The molecule has 0 radical (unpaired) electrons. The Morgan fingerprint density at radius 3 is 2.46 bits per heavy atom. The maximum Gasteiger partial charge on any atom is 0.405 e. The molecule has 1 fully saturated rings. The summed E-state index contributed by atoms with van der Waals surface area (Å²) in [5.74, 6) is -0.459. The molecule has 2 heterocycles. The summed E-state index contributed by atoms with van der Waals surface area (Å²) in [5.41, 5.74) is 2.92. The number of aliphatic hydroxyl groups is 1. The van der Waals surface area contributed by atoms with E-state index in [1.54, 1.807) is 25.1 Å². The minimum Gasteiger partial charge on any atom is -0.395 e. The van der Waals surface area contributed by atoms with Crippen molar-refractivity contribution in [2.75, 3.05) is 38.1 Å². The van der Waals surface area contributed by atoms with Crippen LogP contribution in [0.1, 0.15) is 39.1 Å². The van der Waals surface area contributed by atoms with Crippen LogP contribution in [0, 0.1) is 12.8 Å². The number of benzene rings is 2. The fraction of sp³-hybridized carbons (Fsp3) is 0.423. The first kappa shape index (κ1) is 26.5. The molecule has 0 atom stereocenters. The summed E-state index contributed by atoms with van der Waals surface area (Å²) in [5, 5.41) is 19.2. The van der Waals surface area contributed by atoms with Crippen LogP contribution in [-0.2, 0) is 6.54 Å². The van der Waals surface area contributed by atoms with Crippen molar-refractivity contribution in [2.45, 2.75) is 32.5 Å². The highest BCUT2D eigenvalue weighted by Crippen LogP contribution is 2.25. The summed E-state index contributed by atoms with van der Waals surface area (Å²) < 4.78 is 39.2. The van der Waals surface area contributed by atoms with Gasteiger partial charge in [-0.15, -0.1) is 0 Å². The van der Waals surface area contributed by atoms with Gasteiger partial charge in [-0.3, -0.25) is 14.3 Å². The maximum atomic E-state index is 12.9. The minimum absolute atomic E-state index is 0.0102. The molecular weight excluding hydrogens is 487 g/mol. The van der Waals surface area contributed by atoms with Gasteiger partial charge in [-0.25, -0.2) is 0 Å². The number of carbonyl (C=O) groups excluding carboxylic acids is 2. The zero-order valence-corrected chi connectivity index (χ0v) is 20.5. The summed E-state index contributed by atoms with van der Waals surface area (Å²) in [7, 11) is 0. The number of likely N-dealkylation sites (tertiary alicyclic amines) is 1. The van der Waals surface area contributed by atoms with Crippen molar-refractivity contribution >= 4 is 28.4 Å². The van der Waals surface area contributed by atoms with Crippen LogP contribution in [-0.4, -0.2) is 70.6 Å². The molecule has 1 saturated heterocycles. The van der Waals surface area contributed by atoms with E-state index < -0.39 is 18.6 Å². The summed E-state index contributed by atoms with van der Waals surface area (Å²) in [6.45, 7) is 2.73. The van der Waals surface area contributed by atoms with E-state index in [2.05, 4.69) is 10.4 Å². The van der Waals surface area contributed by atoms with Gasteiger partial charge in [0.05, 0.1) is 12.1 Å². The summed E-state index contributed by atoms with van der Waals surface area (Å²) in [4.78, 5) is 27.0. The van der Waals surface area contributed by atoms with Crippen LogP contribution in [0.5, 0.6) is 0 Å². The average molecular weight is 518 g/mol. The number of carbonyl (C=O) groups is 2. The lowest BCUT2D eigenvalue weighted by atomic mass is 9.96. The molecule has 198 valence electrons. The second kappa shape index (κ2) is 11.2. The molecule has 3 N–H and O–H groups in total. The van der Waals surface area contributed by atoms with E-state index in [4.69, 9.17) is 5.11 Å². The molecule has 2 amide bonds. The first-order chi connectivity index (χ1) is 17.6. The van der Waals surface area contributed by atoms with Crippen LogP contribution in [0.25, 0.3) is 10.9 Å². The minimum atomic E-state index is -4.47. The number of aryl methyl sites for hydroxylation is 1. The normalized spacial score (nSPS) is 14.7. The van der Waals surface area contributed by atoms with Crippen molar-refractivity contribution in [3.8, 4) is 0 Å². The van der Waals surface area contributed by atoms with E-state index in [9.17, 15) is 22.8 Å². The van der Waals surface area contributed by atoms with Crippen molar-refractivity contribution in [2.24, 2.45) is 5.92 Å². The highest BCUT2D eigenvalue weighted by molar-refractivity contribution is 6.00. The molecular formula is C26H30F3N5O3. The lowest BCUT2D eigenvalue weighted by Gasteiger charge is -2.32. The van der Waals surface area contributed by atoms with Crippen molar-refractivity contribution in [3.63, 3.8) is 0 Å². The third-order valence-corrected chi connectivity index (χ3v) is 6.62. The fourth-order valence-corrected chi connectivity index (χ4v) is 4.59. The molecule has 0 bridgehead atoms. The number of piperidine rings is 1. The van der Waals surface area contributed by atoms with Crippen LogP contribution in [0.15, 0.2) is 42.6 Å². The van der Waals surface area contributed by atoms with Gasteiger partial charge in [0.1, 0.15) is 6.54 Å². The lowest BCUT2D eigenvalue weighted by Crippen LogP contribution is -2.39. The number of nitrogens with zero attached hydrogens (tertiary/aromatic N) is 3. The quantitative estimate of drug-likeness (QED) is 0.424. The first-order valence-corrected chi connectivity index (χ1v) is 12.2. The van der Waals surface area contributed by atoms with Crippen molar-refractivity contribution < 1.29 is 27.9 Å². The van der Waals surface area contributed by atoms with Gasteiger partial charge in [-0.1, -0.05) is 0 Å². The summed E-state index contributed by atoms with van der Waals surface area (Å²) in [6.07, 6.45) is -0.999. The Kier molecular flexibility index (Phi) is 8.01. The first-order valence-electron chi connectivity index (χ1n) is 12.2. The number of nitrogens with one attached hydrogen (secondary N) is 2. The highest BCUT2D eigenvalue weighted by atomic mass is 19.4. The highest BCUT2D eigenvalue weighted by Gasteiger charge is 2.28. The van der Waals surface area contributed by atoms with Gasteiger partial charge in [0.25, 0.3) is 11.8 Å². The van der Waals surface area contributed by atoms with Gasteiger partial charge >= 0.3 is 6.18 Å². The standard InChI is InChI=1S/C26H30F3N5O3/c1-17-21(24(36)31-16-26(27,28)29)6-7-23-22(17)15-34(32-23)14-18-8-11-33(12-9-18)25(37)19-2-4-20(5-3-19)30-10-13-35/h2-7,15,18,30,35H,8-14,16H2,1H3,(H,31,36). The van der Waals surface area contributed by atoms with Crippen LogP contribution >= 0.6 is 0 Å². The lowest BCUT2D eigenvalue weighted by molar-refractivity contribution is -0.123. The smallest absolute Gasteiger partial charge is 0.395 e. The molecule has 2 aromatic carbocycles. The van der Waals surface area contributed by atoms with Gasteiger partial charge in [0, 0.05) is 54.6 Å². The van der Waals surface area contributed by atoms with E-state index in [1.807, 2.05) is 33.2 Å². The number of alkyl halides is 3. The molecule has 0 saturated carbocycles. The van der Waals surface area contributed by atoms with Crippen molar-refractivity contribution in [1.29, 1.82) is 0 Å². The van der Waals surface area contributed by atoms with Gasteiger partial charge in [-0.05, 0) is 67.6 Å². The Bertz CT molecular complexity index is 1250. The van der Waals surface area contributed by atoms with E-state index in [0.717, 1.165) is 23.9 Å². The molecule has 1 aliphatic rings. The molecule has 8 nitrogen and oxygen atoms in total. The number of halogens is 3. The second-order valence-corrected chi connectivity index (χ2v) is 9.28. The van der Waals surface area contributed by atoms with Gasteiger partial charge in [-0.2, -0.15) is 18.3 Å². The molecule has 3 aromatic rings. The van der Waals surface area contributed by atoms with E-state index in [0.29, 0.717) is 48.7 Å². The third-order valence-electron chi connectivity index (χ3n) is 6.62. The number of fused-ring (bicyclic) bond motifs is 1. The fourth-order valence-electron chi connectivity index (χ4n) is 4.59. The monoisotopic (exact) mass is 517 g/mol. The topological polar surface area (TPSA) is 99.5 Å². The Hall–Kier alpha value is -3.60. The molecule has 1 aromatic heterocycles. The third kappa shape index (κ3) is 6.59. The number of aromatic nitrogens is 2. The Labute approximate surface area is 212 Å². The van der Waals surface area contributed by atoms with E-state index in [1.165, 1.54) is 6.07 Å². The van der Waals surface area contributed by atoms with E-state index in [-0.39, 0.29) is 18.1 Å². The number of hydrogen-bond acceptors (Lipinski definition) is 5. The van der Waals surface area contributed by atoms with Gasteiger partial charge in [0.15, 0.2) is 0 Å².